The van der Waals surface area contributed by atoms with Gasteiger partial charge in [0.1, 0.15) is 0 Å². The van der Waals surface area contributed by atoms with Gasteiger partial charge in [0.25, 0.3) is 0 Å². The van der Waals surface area contributed by atoms with Crippen LogP contribution in [0, 0.1) is 6.20 Å². The Labute approximate surface area is 108 Å². The minimum Gasteiger partial charge on any atom is -0.619 e. The number of hydrogen-bond donors (Lipinski definition) is 0. The molecule has 0 radical (unpaired) electrons. The first-order chi connectivity index (χ1) is 4.30. The molecule has 1 rings (SSSR count). The van der Waals surface area contributed by atoms with Gasteiger partial charge in [-0.05, 0) is 17.9 Å². The van der Waals surface area contributed by atoms with Crippen molar-refractivity contribution in [1.29, 1.82) is 0 Å². The molecular weight excluding hydrogens is 166 g/mol. The molecule has 0 bridgehead atoms. The third-order valence-electron chi connectivity index (χ3n) is 0.709. The van der Waals surface area contributed by atoms with Gasteiger partial charge in [-0.1, -0.05) is 12.4 Å². The normalized spacial score (nSPS) is 7.27. The van der Waals surface area contributed by atoms with Crippen molar-refractivity contribution in [1.82, 2.24) is 9.97 Å². The van der Waals surface area contributed by atoms with Gasteiger partial charge in [-0.2, -0.15) is 0 Å². The van der Waals surface area contributed by atoms with E-state index in [1.807, 2.05) is 0 Å². The molecule has 0 aliphatic rings. The maximum Gasteiger partial charge on any atom is 1.00 e. The molecule has 0 saturated heterocycles. The van der Waals surface area contributed by atoms with Gasteiger partial charge in [-0.15, -0.1) is 0 Å². The first kappa shape index (κ1) is 14.1. The summed E-state index contributed by atoms with van der Waals surface area (Å²) in [6.07, 6.45) is 4.75. The summed E-state index contributed by atoms with van der Waals surface area (Å²) in [5.41, 5.74) is -0.266. The number of aromatic carboxylic acids is 1. The molecule has 0 fully saturated rings. The van der Waals surface area contributed by atoms with E-state index in [0.29, 0.717) is 0 Å². The van der Waals surface area contributed by atoms with Crippen molar-refractivity contribution in [2.75, 3.05) is 0 Å². The van der Waals surface area contributed by atoms with Crippen LogP contribution in [0.25, 0.3) is 0 Å². The van der Waals surface area contributed by atoms with E-state index in [9.17, 15) is 9.90 Å². The molecule has 1 heterocycles. The number of nitrogens with zero attached hydrogens (tertiary/aromatic N) is 2. The van der Waals surface area contributed by atoms with Crippen LogP contribution in [0.4, 0.5) is 0 Å². The molecule has 4 nitrogen and oxygen atoms in total. The van der Waals surface area contributed by atoms with Crippen LogP contribution in [0.1, 0.15) is 10.5 Å². The van der Waals surface area contributed by atoms with E-state index in [2.05, 4.69) is 16.2 Å². The van der Waals surface area contributed by atoms with E-state index in [4.69, 9.17) is 0 Å². The first-order valence-electron chi connectivity index (χ1n) is 2.21. The monoisotopic (exact) mass is 168 g/mol. The zero-order valence-corrected chi connectivity index (χ0v) is 10.4. The smallest absolute Gasteiger partial charge is 0.619 e. The summed E-state index contributed by atoms with van der Waals surface area (Å²) < 4.78 is 0. The Kier molecular flexibility index (Phi) is 9.24. The van der Waals surface area contributed by atoms with E-state index in [1.54, 1.807) is 0 Å². The van der Waals surface area contributed by atoms with E-state index < -0.39 is 5.97 Å². The molecule has 0 aliphatic carbocycles. The average molecular weight is 168 g/mol. The molecule has 1 aromatic heterocycles. The van der Waals surface area contributed by atoms with Crippen molar-refractivity contribution in [2.45, 2.75) is 0 Å². The number of rotatable bonds is 1. The van der Waals surface area contributed by atoms with Crippen LogP contribution in [0.5, 0.6) is 0 Å². The molecular formula is C5H2N2Na2O2. The Morgan fingerprint density at radius 2 is 2.09 bits per heavy atom. The van der Waals surface area contributed by atoms with Crippen molar-refractivity contribution in [3.63, 3.8) is 0 Å². The molecule has 0 N–H and O–H groups in total. The average Bonchev–Trinajstić information content (AvgIpc) is 1.90. The van der Waals surface area contributed by atoms with Crippen molar-refractivity contribution < 1.29 is 69.0 Å². The Morgan fingerprint density at radius 1 is 1.45 bits per heavy atom. The first-order valence-corrected chi connectivity index (χ1v) is 2.21. The Morgan fingerprint density at radius 3 is 2.36 bits per heavy atom. The van der Waals surface area contributed by atoms with Gasteiger partial charge in [0, 0.05) is 0 Å². The van der Waals surface area contributed by atoms with Crippen molar-refractivity contribution >= 4 is 5.97 Å². The van der Waals surface area contributed by atoms with Gasteiger partial charge in [-0.25, -0.2) is 0 Å². The summed E-state index contributed by atoms with van der Waals surface area (Å²) in [7, 11) is 0. The number of aromatic nitrogens is 2. The van der Waals surface area contributed by atoms with Crippen molar-refractivity contribution in [3.05, 3.63) is 24.3 Å². The number of carbonyl (C=O) groups excluding carboxylic acids is 1. The fourth-order valence-corrected chi connectivity index (χ4v) is 0.367. The van der Waals surface area contributed by atoms with Gasteiger partial charge in [-0.3, -0.25) is 4.98 Å². The standard InChI is InChI=1S/C5H3N2O2.2Na/c8-5(9)4-3-6-1-2-7-4;;/h1-2H,(H,8,9);;/q-1;2*+1/p-1. The predicted molar refractivity (Wildman–Crippen MR) is 25.2 cm³/mol. The second-order valence-electron chi connectivity index (χ2n) is 1.30. The van der Waals surface area contributed by atoms with E-state index in [-0.39, 0.29) is 64.8 Å². The largest absolute Gasteiger partial charge is 1.00 e. The van der Waals surface area contributed by atoms with Crippen molar-refractivity contribution in [3.8, 4) is 0 Å². The molecule has 0 saturated carbocycles. The van der Waals surface area contributed by atoms with Gasteiger partial charge in [0.15, 0.2) is 0 Å². The van der Waals surface area contributed by atoms with Gasteiger partial charge in [0.05, 0.1) is 0 Å². The quantitative estimate of drug-likeness (QED) is 0.308. The van der Waals surface area contributed by atoms with Crippen LogP contribution in [-0.4, -0.2) is 15.9 Å². The third-order valence-corrected chi connectivity index (χ3v) is 0.709. The number of carbonyl (C=O) groups is 1. The second-order valence-corrected chi connectivity index (χ2v) is 1.30. The zero-order valence-electron chi connectivity index (χ0n) is 6.37. The minimum absolute atomic E-state index is 0. The molecule has 0 spiro atoms. The number of carboxylic acids is 1. The number of carboxylic acid groups (broad SMARTS) is 1. The van der Waals surface area contributed by atoms with Crippen LogP contribution in [0.2, 0.25) is 0 Å². The van der Waals surface area contributed by atoms with Crippen LogP contribution in [0.15, 0.2) is 12.4 Å². The van der Waals surface area contributed by atoms with Gasteiger partial charge in [0.2, 0.25) is 0 Å². The molecule has 0 atom stereocenters. The minimum atomic E-state index is -1.36. The van der Waals surface area contributed by atoms with Crippen LogP contribution in [0.3, 0.4) is 0 Å². The van der Waals surface area contributed by atoms with Crippen LogP contribution in [-0.2, 0) is 0 Å². The summed E-state index contributed by atoms with van der Waals surface area (Å²) in [5, 5.41) is 9.96. The van der Waals surface area contributed by atoms with E-state index in [1.165, 1.54) is 12.4 Å². The fourth-order valence-electron chi connectivity index (χ4n) is 0.367. The molecule has 6 heteroatoms. The maximum atomic E-state index is 9.96. The molecule has 0 unspecified atom stereocenters. The molecule has 11 heavy (non-hydrogen) atoms. The summed E-state index contributed by atoms with van der Waals surface area (Å²) in [4.78, 5) is 16.8. The summed E-state index contributed by atoms with van der Waals surface area (Å²) in [5.74, 6) is -1.36. The molecule has 0 amide bonds. The summed E-state index contributed by atoms with van der Waals surface area (Å²) in [6.45, 7) is 0. The van der Waals surface area contributed by atoms with Gasteiger partial charge >= 0.3 is 59.1 Å². The summed E-state index contributed by atoms with van der Waals surface area (Å²) >= 11 is 0. The van der Waals surface area contributed by atoms with E-state index >= 15 is 0 Å². The fraction of sp³-hybridized carbons (Fsp3) is 0. The van der Waals surface area contributed by atoms with Crippen LogP contribution < -0.4 is 64.2 Å². The maximum absolute atomic E-state index is 9.96. The molecule has 1 aromatic rings. The summed E-state index contributed by atoms with van der Waals surface area (Å²) in [6, 6.07) is 0. The zero-order chi connectivity index (χ0) is 6.69. The Balaban J connectivity index is 0. The Hall–Kier alpha value is 0.550. The van der Waals surface area contributed by atoms with Gasteiger partial charge < -0.3 is 14.9 Å². The second kappa shape index (κ2) is 7.21. The Bertz CT molecular complexity index is 217. The molecule has 0 aromatic carbocycles. The third kappa shape index (κ3) is 4.90. The topological polar surface area (TPSA) is 65.9 Å². The molecule has 46 valence electrons. The molecule has 0 aliphatic heterocycles. The predicted octanol–water partition coefficient (Wildman–Crippen LogP) is -7.35. The SMILES string of the molecule is O=C([O-])c1[c-]nccn1.[Na+].[Na+]. The van der Waals surface area contributed by atoms with Crippen LogP contribution >= 0.6 is 0 Å². The van der Waals surface area contributed by atoms with E-state index in [0.717, 1.165) is 0 Å². The van der Waals surface area contributed by atoms with Crippen molar-refractivity contribution in [2.24, 2.45) is 0 Å². The number of hydrogen-bond acceptors (Lipinski definition) is 4.